The molecule has 0 aliphatic carbocycles. The predicted octanol–water partition coefficient (Wildman–Crippen LogP) is 22.7. The maximum absolute atomic E-state index is 13.1. The van der Waals surface area contributed by atoms with Gasteiger partial charge in [-0.3, -0.25) is 37.3 Å². The molecule has 0 heterocycles. The zero-order chi connectivity index (χ0) is 71.4. The lowest BCUT2D eigenvalue weighted by molar-refractivity contribution is -0.161. The number of aliphatic hydroxyl groups excluding tert-OH is 1. The summed E-state index contributed by atoms with van der Waals surface area (Å²) in [5, 5.41) is 10.6. The Bertz CT molecular complexity index is 1970. The molecule has 0 amide bonds. The second-order valence-electron chi connectivity index (χ2n) is 28.1. The second kappa shape index (κ2) is 69.3. The van der Waals surface area contributed by atoms with Crippen LogP contribution >= 0.6 is 15.6 Å². The van der Waals surface area contributed by atoms with E-state index < -0.39 is 97.5 Å². The van der Waals surface area contributed by atoms with Crippen molar-refractivity contribution >= 4 is 39.5 Å². The fraction of sp³-hybridized carbons (Fsp3) is 0.897. The minimum absolute atomic E-state index is 0.102. The summed E-state index contributed by atoms with van der Waals surface area (Å²) in [4.78, 5) is 72.8. The van der Waals surface area contributed by atoms with Crippen LogP contribution in [0.1, 0.15) is 382 Å². The van der Waals surface area contributed by atoms with Crippen molar-refractivity contribution in [2.75, 3.05) is 39.6 Å². The molecular weight excluding hydrogens is 1270 g/mol. The second-order valence-corrected chi connectivity index (χ2v) is 31.0. The maximum Gasteiger partial charge on any atom is 0.472 e. The van der Waals surface area contributed by atoms with Crippen LogP contribution in [-0.2, 0) is 65.4 Å². The number of rotatable bonds is 75. The smallest absolute Gasteiger partial charge is 0.462 e. The van der Waals surface area contributed by atoms with Crippen molar-refractivity contribution in [3.63, 3.8) is 0 Å². The number of esters is 4. The molecule has 0 aliphatic rings. The van der Waals surface area contributed by atoms with Crippen molar-refractivity contribution in [2.45, 2.75) is 400 Å². The molecule has 0 fully saturated rings. The molecule has 6 atom stereocenters. The number of phosphoric ester groups is 2. The number of aliphatic hydroxyl groups is 1. The number of unbranched alkanes of at least 4 members (excludes halogenated alkanes) is 41. The SMILES string of the molecule is CCCCCC/C=C\C=C/CCCCCCCC(=O)OC[C@H](COP(=O)(O)OC[C@@H](O)COP(=O)(O)OC[C@@H](COC(=O)CCCCCCCCC(C)CC)OC(=O)CCCCCCCCCCCC(C)C)OC(=O)CCCCCCCCCCCCCCCCCCCCCC. The summed E-state index contributed by atoms with van der Waals surface area (Å²) in [5.74, 6) is -0.683. The highest BCUT2D eigenvalue weighted by Crippen LogP contribution is 2.45. The Hall–Kier alpha value is -2.46. The van der Waals surface area contributed by atoms with Crippen LogP contribution in [0, 0.1) is 11.8 Å². The van der Waals surface area contributed by atoms with E-state index in [1.54, 1.807) is 0 Å². The Morgan fingerprint density at radius 2 is 0.608 bits per heavy atom. The first kappa shape index (κ1) is 94.5. The topological polar surface area (TPSA) is 237 Å². The van der Waals surface area contributed by atoms with Crippen molar-refractivity contribution in [3.8, 4) is 0 Å². The van der Waals surface area contributed by atoms with E-state index in [0.29, 0.717) is 25.7 Å². The van der Waals surface area contributed by atoms with E-state index >= 15 is 0 Å². The third-order valence-corrected chi connectivity index (χ3v) is 19.8. The van der Waals surface area contributed by atoms with Crippen molar-refractivity contribution < 1.29 is 80.2 Å². The largest absolute Gasteiger partial charge is 0.472 e. The average molecular weight is 1420 g/mol. The van der Waals surface area contributed by atoms with Gasteiger partial charge in [0.2, 0.25) is 0 Å². The summed E-state index contributed by atoms with van der Waals surface area (Å²) in [6.07, 6.45) is 60.6. The van der Waals surface area contributed by atoms with Gasteiger partial charge in [0.15, 0.2) is 12.2 Å². The fourth-order valence-corrected chi connectivity index (χ4v) is 13.0. The lowest BCUT2D eigenvalue weighted by Gasteiger charge is -2.21. The van der Waals surface area contributed by atoms with E-state index in [-0.39, 0.29) is 25.7 Å². The van der Waals surface area contributed by atoms with Gasteiger partial charge < -0.3 is 33.8 Å². The number of allylic oxidation sites excluding steroid dienone is 4. The van der Waals surface area contributed by atoms with Gasteiger partial charge in [0.25, 0.3) is 0 Å². The predicted molar refractivity (Wildman–Crippen MR) is 395 cm³/mol. The van der Waals surface area contributed by atoms with Crippen LogP contribution in [0.2, 0.25) is 0 Å². The van der Waals surface area contributed by atoms with Crippen molar-refractivity contribution in [2.24, 2.45) is 11.8 Å². The number of hydrogen-bond donors (Lipinski definition) is 3. The standard InChI is InChI=1S/C78H148O17P2/c1-7-10-12-14-16-18-20-22-24-25-26-27-28-30-32-34-38-42-50-56-62-77(82)94-73(66-88-75(80)60-54-48-41-37-33-31-29-23-21-19-17-15-13-11-8-2)68-92-96(84,85)90-64-72(79)65-91-97(86,87)93-69-74(67-89-76(81)61-55-49-45-44-47-53-59-71(6)9-3)95-78(83)63-57-51-43-39-35-36-40-46-52-58-70(4)5/h19,21,23,29,70-74,79H,7-18,20,22,24-28,30-69H2,1-6H3,(H,84,85)(H,86,87)/b21-19-,29-23-/t71?,72-,73-,74-/m1/s1. The molecule has 0 saturated carbocycles. The summed E-state index contributed by atoms with van der Waals surface area (Å²) in [5.41, 5.74) is 0. The van der Waals surface area contributed by atoms with Gasteiger partial charge in [0, 0.05) is 25.7 Å². The van der Waals surface area contributed by atoms with Crippen LogP contribution in [0.15, 0.2) is 24.3 Å². The molecular formula is C78H148O17P2. The van der Waals surface area contributed by atoms with Crippen molar-refractivity contribution in [1.29, 1.82) is 0 Å². The number of phosphoric acid groups is 2. The van der Waals surface area contributed by atoms with Crippen LogP contribution in [-0.4, -0.2) is 96.7 Å². The van der Waals surface area contributed by atoms with Gasteiger partial charge in [0.05, 0.1) is 26.4 Å². The van der Waals surface area contributed by atoms with E-state index in [4.69, 9.17) is 37.0 Å². The van der Waals surface area contributed by atoms with E-state index in [1.807, 2.05) is 0 Å². The maximum atomic E-state index is 13.1. The molecule has 3 N–H and O–H groups in total. The molecule has 17 nitrogen and oxygen atoms in total. The summed E-state index contributed by atoms with van der Waals surface area (Å²) >= 11 is 0. The van der Waals surface area contributed by atoms with Gasteiger partial charge in [-0.2, -0.15) is 0 Å². The quantitative estimate of drug-likeness (QED) is 0.0169. The van der Waals surface area contributed by atoms with Gasteiger partial charge in [-0.05, 0) is 63.2 Å². The van der Waals surface area contributed by atoms with Gasteiger partial charge in [-0.15, -0.1) is 0 Å². The summed E-state index contributed by atoms with van der Waals surface area (Å²) in [6, 6.07) is 0. The monoisotopic (exact) mass is 1420 g/mol. The Labute approximate surface area is 592 Å². The molecule has 0 aromatic carbocycles. The molecule has 3 unspecified atom stereocenters. The van der Waals surface area contributed by atoms with Crippen molar-refractivity contribution in [3.05, 3.63) is 24.3 Å². The molecule has 0 aromatic rings. The third-order valence-electron chi connectivity index (χ3n) is 17.9. The van der Waals surface area contributed by atoms with Crippen LogP contribution in [0.4, 0.5) is 0 Å². The molecule has 19 heteroatoms. The molecule has 572 valence electrons. The zero-order valence-electron chi connectivity index (χ0n) is 62.9. The molecule has 0 saturated heterocycles. The van der Waals surface area contributed by atoms with Crippen LogP contribution in [0.5, 0.6) is 0 Å². The van der Waals surface area contributed by atoms with E-state index in [2.05, 4.69) is 65.8 Å². The highest BCUT2D eigenvalue weighted by molar-refractivity contribution is 7.47. The van der Waals surface area contributed by atoms with Gasteiger partial charge >= 0.3 is 39.5 Å². The van der Waals surface area contributed by atoms with Gasteiger partial charge in [-0.1, -0.05) is 329 Å². The molecule has 0 spiro atoms. The zero-order valence-corrected chi connectivity index (χ0v) is 64.7. The number of carbonyl (C=O) groups is 4. The Kier molecular flexibility index (Phi) is 67.5. The van der Waals surface area contributed by atoms with E-state index in [0.717, 1.165) is 127 Å². The molecule has 0 bridgehead atoms. The number of hydrogen-bond acceptors (Lipinski definition) is 15. The molecule has 97 heavy (non-hydrogen) atoms. The normalized spacial score (nSPS) is 14.4. The Morgan fingerprint density at radius 1 is 0.340 bits per heavy atom. The summed E-state index contributed by atoms with van der Waals surface area (Å²) in [7, 11) is -9.93. The summed E-state index contributed by atoms with van der Waals surface area (Å²) in [6.45, 7) is 9.47. The lowest BCUT2D eigenvalue weighted by atomic mass is 10.00. The van der Waals surface area contributed by atoms with Gasteiger partial charge in [-0.25, -0.2) is 9.13 Å². The molecule has 0 aromatic heterocycles. The highest BCUT2D eigenvalue weighted by Gasteiger charge is 2.30. The van der Waals surface area contributed by atoms with Crippen LogP contribution in [0.3, 0.4) is 0 Å². The van der Waals surface area contributed by atoms with Crippen LogP contribution < -0.4 is 0 Å². The minimum Gasteiger partial charge on any atom is -0.462 e. The first-order chi connectivity index (χ1) is 46.9. The number of carbonyl (C=O) groups excluding carboxylic acids is 4. The highest BCUT2D eigenvalue weighted by atomic mass is 31.2. The van der Waals surface area contributed by atoms with E-state index in [1.165, 1.54) is 173 Å². The Balaban J connectivity index is 5.26. The van der Waals surface area contributed by atoms with Gasteiger partial charge in [0.1, 0.15) is 19.3 Å². The number of ether oxygens (including phenoxy) is 4. The third kappa shape index (κ3) is 70.4. The summed E-state index contributed by atoms with van der Waals surface area (Å²) < 4.78 is 68.5. The first-order valence-electron chi connectivity index (χ1n) is 39.8. The first-order valence-corrected chi connectivity index (χ1v) is 42.8. The van der Waals surface area contributed by atoms with E-state index in [9.17, 15) is 43.2 Å². The Morgan fingerprint density at radius 3 is 0.928 bits per heavy atom. The molecule has 0 aliphatic heterocycles. The van der Waals surface area contributed by atoms with Crippen molar-refractivity contribution in [1.82, 2.24) is 0 Å². The molecule has 0 radical (unpaired) electrons. The minimum atomic E-state index is -4.97. The fourth-order valence-electron chi connectivity index (χ4n) is 11.4. The lowest BCUT2D eigenvalue weighted by Crippen LogP contribution is -2.30. The van der Waals surface area contributed by atoms with Crippen LogP contribution in [0.25, 0.3) is 0 Å². The average Bonchev–Trinajstić information content (AvgIpc) is 2.38. The molecule has 0 rings (SSSR count).